The van der Waals surface area contributed by atoms with Crippen LogP contribution in [0.25, 0.3) is 0 Å². The van der Waals surface area contributed by atoms with E-state index in [0.717, 1.165) is 6.54 Å². The van der Waals surface area contributed by atoms with Gasteiger partial charge in [0.15, 0.2) is 12.1 Å². The number of aldehydes is 1. The first-order chi connectivity index (χ1) is 4.83. The predicted octanol–water partition coefficient (Wildman–Crippen LogP) is -0.910. The lowest BCUT2D eigenvalue weighted by molar-refractivity contribution is -0.131. The smallest absolute Gasteiger partial charge is 0.199 e. The van der Waals surface area contributed by atoms with Crippen LogP contribution in [0.15, 0.2) is 0 Å². The number of carbonyl (C=O) groups excluding carboxylic acids is 2. The SMILES string of the molecule is O=CC(=O)CC1NCCO1. The van der Waals surface area contributed by atoms with Crippen molar-refractivity contribution in [3.63, 3.8) is 0 Å². The first-order valence-corrected chi connectivity index (χ1v) is 3.16. The number of ketones is 1. The number of hydrogen-bond acceptors (Lipinski definition) is 4. The molecule has 1 saturated heterocycles. The minimum absolute atomic E-state index is 0.156. The molecule has 1 aliphatic rings. The Morgan fingerprint density at radius 2 is 2.60 bits per heavy atom. The molecule has 0 radical (unpaired) electrons. The van der Waals surface area contributed by atoms with Crippen molar-refractivity contribution in [3.05, 3.63) is 0 Å². The molecule has 0 bridgehead atoms. The molecule has 1 unspecified atom stereocenters. The van der Waals surface area contributed by atoms with Crippen LogP contribution in [0.4, 0.5) is 0 Å². The van der Waals surface area contributed by atoms with Crippen LogP contribution in [0.5, 0.6) is 0 Å². The van der Waals surface area contributed by atoms with E-state index < -0.39 is 5.78 Å². The Morgan fingerprint density at radius 1 is 1.80 bits per heavy atom. The van der Waals surface area contributed by atoms with Crippen LogP contribution in [0, 0.1) is 0 Å². The Labute approximate surface area is 58.5 Å². The third kappa shape index (κ3) is 1.89. The van der Waals surface area contributed by atoms with Gasteiger partial charge in [-0.1, -0.05) is 0 Å². The molecule has 1 fully saturated rings. The standard InChI is InChI=1S/C6H9NO3/c8-4-5(9)3-6-7-1-2-10-6/h4,6-7H,1-3H2. The second-order valence-electron chi connectivity index (χ2n) is 2.10. The highest BCUT2D eigenvalue weighted by Gasteiger charge is 2.17. The van der Waals surface area contributed by atoms with E-state index in [1.54, 1.807) is 0 Å². The maximum atomic E-state index is 10.5. The molecule has 0 aromatic carbocycles. The first-order valence-electron chi connectivity index (χ1n) is 3.16. The number of ether oxygens (including phenoxy) is 1. The van der Waals surface area contributed by atoms with E-state index in [2.05, 4.69) is 5.32 Å². The number of nitrogens with one attached hydrogen (secondary N) is 1. The zero-order valence-electron chi connectivity index (χ0n) is 5.50. The van der Waals surface area contributed by atoms with E-state index in [1.165, 1.54) is 0 Å². The fourth-order valence-corrected chi connectivity index (χ4v) is 0.842. The lowest BCUT2D eigenvalue weighted by Crippen LogP contribution is -2.25. The summed E-state index contributed by atoms with van der Waals surface area (Å²) in [5.74, 6) is -0.417. The fourth-order valence-electron chi connectivity index (χ4n) is 0.842. The van der Waals surface area contributed by atoms with Gasteiger partial charge in [0.2, 0.25) is 0 Å². The second kappa shape index (κ2) is 3.43. The summed E-state index contributed by atoms with van der Waals surface area (Å²) >= 11 is 0. The van der Waals surface area contributed by atoms with Crippen molar-refractivity contribution in [1.29, 1.82) is 0 Å². The first kappa shape index (κ1) is 7.37. The molecule has 0 saturated carbocycles. The van der Waals surface area contributed by atoms with E-state index in [4.69, 9.17) is 4.74 Å². The molecule has 0 amide bonds. The van der Waals surface area contributed by atoms with Crippen LogP contribution < -0.4 is 5.32 Å². The van der Waals surface area contributed by atoms with Gasteiger partial charge in [0.05, 0.1) is 13.0 Å². The largest absolute Gasteiger partial charge is 0.362 e. The van der Waals surface area contributed by atoms with Crippen molar-refractivity contribution >= 4 is 12.1 Å². The van der Waals surface area contributed by atoms with Gasteiger partial charge in [-0.15, -0.1) is 0 Å². The molecule has 10 heavy (non-hydrogen) atoms. The lowest BCUT2D eigenvalue weighted by Gasteiger charge is -2.04. The topological polar surface area (TPSA) is 55.4 Å². The summed E-state index contributed by atoms with van der Waals surface area (Å²) in [5, 5.41) is 2.92. The van der Waals surface area contributed by atoms with E-state index >= 15 is 0 Å². The van der Waals surface area contributed by atoms with Gasteiger partial charge >= 0.3 is 0 Å². The van der Waals surface area contributed by atoms with E-state index in [9.17, 15) is 9.59 Å². The van der Waals surface area contributed by atoms with Crippen LogP contribution in [-0.4, -0.2) is 31.4 Å². The van der Waals surface area contributed by atoms with Gasteiger partial charge in [-0.05, 0) is 0 Å². The van der Waals surface area contributed by atoms with Gasteiger partial charge in [0.1, 0.15) is 6.23 Å². The molecular formula is C6H9NO3. The van der Waals surface area contributed by atoms with E-state index in [1.807, 2.05) is 0 Å². The van der Waals surface area contributed by atoms with Gasteiger partial charge in [-0.25, -0.2) is 0 Å². The number of Topliss-reactive ketones (excluding diaryl/α,β-unsaturated/α-hetero) is 1. The third-order valence-corrected chi connectivity index (χ3v) is 1.31. The molecule has 1 rings (SSSR count). The maximum Gasteiger partial charge on any atom is 0.199 e. The van der Waals surface area contributed by atoms with Gasteiger partial charge in [-0.2, -0.15) is 0 Å². The molecule has 1 heterocycles. The molecule has 0 aromatic heterocycles. The second-order valence-corrected chi connectivity index (χ2v) is 2.10. The van der Waals surface area contributed by atoms with Crippen LogP contribution >= 0.6 is 0 Å². The highest BCUT2D eigenvalue weighted by molar-refractivity contribution is 6.25. The molecule has 56 valence electrons. The van der Waals surface area contributed by atoms with Crippen molar-refractivity contribution in [2.75, 3.05) is 13.2 Å². The zero-order chi connectivity index (χ0) is 7.40. The van der Waals surface area contributed by atoms with E-state index in [-0.39, 0.29) is 12.6 Å². The summed E-state index contributed by atoms with van der Waals surface area (Å²) in [4.78, 5) is 20.3. The van der Waals surface area contributed by atoms with Gasteiger partial charge in [0, 0.05) is 6.54 Å². The molecular weight excluding hydrogens is 134 g/mol. The molecule has 0 aromatic rings. The summed E-state index contributed by atoms with van der Waals surface area (Å²) < 4.78 is 5.03. The van der Waals surface area contributed by atoms with Crippen molar-refractivity contribution < 1.29 is 14.3 Å². The zero-order valence-corrected chi connectivity index (χ0v) is 5.50. The maximum absolute atomic E-state index is 10.5. The average molecular weight is 143 g/mol. The molecule has 1 aliphatic heterocycles. The van der Waals surface area contributed by atoms with Crippen LogP contribution in [0.3, 0.4) is 0 Å². The predicted molar refractivity (Wildman–Crippen MR) is 33.4 cm³/mol. The fraction of sp³-hybridized carbons (Fsp3) is 0.667. The molecule has 0 aliphatic carbocycles. The third-order valence-electron chi connectivity index (χ3n) is 1.31. The summed E-state index contributed by atoms with van der Waals surface area (Å²) in [5.41, 5.74) is 0. The number of carbonyl (C=O) groups is 2. The molecule has 0 spiro atoms. The Morgan fingerprint density at radius 3 is 3.10 bits per heavy atom. The molecule has 4 nitrogen and oxygen atoms in total. The lowest BCUT2D eigenvalue weighted by atomic mass is 10.3. The Kier molecular flexibility index (Phi) is 2.53. The quantitative estimate of drug-likeness (QED) is 0.410. The summed E-state index contributed by atoms with van der Waals surface area (Å²) in [6.07, 6.45) is 0.241. The molecule has 4 heteroatoms. The minimum atomic E-state index is -0.417. The van der Waals surface area contributed by atoms with Crippen molar-refractivity contribution in [2.24, 2.45) is 0 Å². The Hall–Kier alpha value is -0.740. The van der Waals surface area contributed by atoms with Crippen LogP contribution in [0.1, 0.15) is 6.42 Å². The van der Waals surface area contributed by atoms with Crippen LogP contribution in [-0.2, 0) is 14.3 Å². The van der Waals surface area contributed by atoms with E-state index in [0.29, 0.717) is 12.9 Å². The molecule has 1 N–H and O–H groups in total. The van der Waals surface area contributed by atoms with Crippen molar-refractivity contribution in [3.8, 4) is 0 Å². The summed E-state index contributed by atoms with van der Waals surface area (Å²) in [6, 6.07) is 0. The number of rotatable bonds is 3. The van der Waals surface area contributed by atoms with Gasteiger partial charge < -0.3 is 4.74 Å². The summed E-state index contributed by atoms with van der Waals surface area (Å²) in [6.45, 7) is 1.38. The highest BCUT2D eigenvalue weighted by Crippen LogP contribution is 1.99. The molecule has 1 atom stereocenters. The van der Waals surface area contributed by atoms with Crippen molar-refractivity contribution in [2.45, 2.75) is 12.6 Å². The summed E-state index contributed by atoms with van der Waals surface area (Å²) in [7, 11) is 0. The highest BCUT2D eigenvalue weighted by atomic mass is 16.5. The van der Waals surface area contributed by atoms with Crippen molar-refractivity contribution in [1.82, 2.24) is 5.32 Å². The van der Waals surface area contributed by atoms with Gasteiger partial charge in [-0.3, -0.25) is 14.9 Å². The van der Waals surface area contributed by atoms with Crippen LogP contribution in [0.2, 0.25) is 0 Å². The van der Waals surface area contributed by atoms with Gasteiger partial charge in [0.25, 0.3) is 0 Å². The minimum Gasteiger partial charge on any atom is -0.362 e. The number of hydrogen-bond donors (Lipinski definition) is 1. The monoisotopic (exact) mass is 143 g/mol. The average Bonchev–Trinajstić information content (AvgIpc) is 2.40. The normalized spacial score (nSPS) is 24.6. The Bertz CT molecular complexity index is 140. The Balaban J connectivity index is 2.23.